The fourth-order valence-electron chi connectivity index (χ4n) is 1.50. The lowest BCUT2D eigenvalue weighted by molar-refractivity contribution is 0.0644. The van der Waals surface area contributed by atoms with Gasteiger partial charge in [0.1, 0.15) is 0 Å². The number of rotatable bonds is 5. The Kier molecular flexibility index (Phi) is 3.95. The van der Waals surface area contributed by atoms with Gasteiger partial charge in [0.25, 0.3) is 0 Å². The second-order valence-electron chi connectivity index (χ2n) is 3.37. The Morgan fingerprint density at radius 1 is 1.64 bits per heavy atom. The molecule has 0 spiro atoms. The molecule has 1 atom stereocenters. The fourth-order valence-corrected chi connectivity index (χ4v) is 1.50. The summed E-state index contributed by atoms with van der Waals surface area (Å²) in [5, 5.41) is 3.06. The van der Waals surface area contributed by atoms with Crippen LogP contribution < -0.4 is 5.32 Å². The average Bonchev–Trinajstić information content (AvgIpc) is 2.46. The number of aromatic nitrogens is 2. The first kappa shape index (κ1) is 11.0. The Labute approximate surface area is 85.3 Å². The molecule has 1 rings (SSSR count). The van der Waals surface area contributed by atoms with Crippen LogP contribution in [0.15, 0.2) is 6.20 Å². The molecule has 0 saturated heterocycles. The van der Waals surface area contributed by atoms with Crippen LogP contribution in [0.3, 0.4) is 0 Å². The quantitative estimate of drug-likeness (QED) is 0.780. The molecule has 0 fully saturated rings. The highest BCUT2D eigenvalue weighted by molar-refractivity contribution is 5.27. The van der Waals surface area contributed by atoms with Gasteiger partial charge in [-0.15, -0.1) is 0 Å². The summed E-state index contributed by atoms with van der Waals surface area (Å²) in [5.74, 6) is 0.897. The van der Waals surface area contributed by atoms with E-state index in [1.807, 2.05) is 27.1 Å². The summed E-state index contributed by atoms with van der Waals surface area (Å²) in [6, 6.07) is 0. The molecule has 1 N–H and O–H groups in total. The molecule has 80 valence electrons. The van der Waals surface area contributed by atoms with Gasteiger partial charge in [-0.25, -0.2) is 4.98 Å². The molecular formula is C10H19N3O. The van der Waals surface area contributed by atoms with Crippen LogP contribution in [0.1, 0.15) is 19.5 Å². The molecule has 0 aliphatic carbocycles. The second-order valence-corrected chi connectivity index (χ2v) is 3.37. The van der Waals surface area contributed by atoms with Crippen molar-refractivity contribution in [3.05, 3.63) is 11.9 Å². The molecule has 1 unspecified atom stereocenters. The number of hydrogen-bond donors (Lipinski definition) is 1. The Morgan fingerprint density at radius 2 is 2.36 bits per heavy atom. The van der Waals surface area contributed by atoms with Gasteiger partial charge >= 0.3 is 0 Å². The molecule has 0 bridgehead atoms. The maximum Gasteiger partial charge on any atom is 0.202 e. The van der Waals surface area contributed by atoms with Gasteiger partial charge in [0.05, 0.1) is 18.3 Å². The number of imidazole rings is 1. The third-order valence-corrected chi connectivity index (χ3v) is 2.03. The van der Waals surface area contributed by atoms with Crippen LogP contribution in [0.5, 0.6) is 0 Å². The lowest BCUT2D eigenvalue weighted by atomic mass is 10.4. The fraction of sp³-hybridized carbons (Fsp3) is 0.700. The Bertz CT molecular complexity index is 283. The van der Waals surface area contributed by atoms with E-state index in [0.717, 1.165) is 24.8 Å². The standard InChI is InChI=1S/C10H19N3O/c1-5-14-9(3)7-13-6-8(2)12-10(13)11-4/h6,9H,5,7H2,1-4H3,(H,11,12). The van der Waals surface area contributed by atoms with Crippen molar-refractivity contribution in [3.8, 4) is 0 Å². The van der Waals surface area contributed by atoms with Crippen LogP contribution in [-0.2, 0) is 11.3 Å². The van der Waals surface area contributed by atoms with Crippen molar-refractivity contribution < 1.29 is 4.74 Å². The van der Waals surface area contributed by atoms with E-state index >= 15 is 0 Å². The topological polar surface area (TPSA) is 39.1 Å². The second kappa shape index (κ2) is 5.00. The van der Waals surface area contributed by atoms with E-state index < -0.39 is 0 Å². The van der Waals surface area contributed by atoms with E-state index in [0.29, 0.717) is 0 Å². The van der Waals surface area contributed by atoms with Gasteiger partial charge in [0, 0.05) is 19.9 Å². The maximum atomic E-state index is 5.48. The first-order valence-corrected chi connectivity index (χ1v) is 5.00. The molecule has 1 heterocycles. The van der Waals surface area contributed by atoms with Gasteiger partial charge in [-0.1, -0.05) is 0 Å². The van der Waals surface area contributed by atoms with E-state index in [1.54, 1.807) is 0 Å². The molecule has 14 heavy (non-hydrogen) atoms. The van der Waals surface area contributed by atoms with Crippen molar-refractivity contribution in [2.75, 3.05) is 19.0 Å². The molecule has 4 heteroatoms. The molecule has 0 aromatic carbocycles. The van der Waals surface area contributed by atoms with E-state index in [2.05, 4.69) is 21.8 Å². The lowest BCUT2D eigenvalue weighted by Gasteiger charge is -2.13. The van der Waals surface area contributed by atoms with Crippen molar-refractivity contribution in [3.63, 3.8) is 0 Å². The monoisotopic (exact) mass is 197 g/mol. The minimum Gasteiger partial charge on any atom is -0.377 e. The highest BCUT2D eigenvalue weighted by atomic mass is 16.5. The third kappa shape index (κ3) is 2.73. The minimum atomic E-state index is 0.223. The maximum absolute atomic E-state index is 5.48. The van der Waals surface area contributed by atoms with Crippen molar-refractivity contribution in [1.82, 2.24) is 9.55 Å². The molecule has 1 aromatic rings. The molecule has 0 aliphatic rings. The zero-order chi connectivity index (χ0) is 10.6. The summed E-state index contributed by atoms with van der Waals surface area (Å²) in [6.45, 7) is 7.66. The summed E-state index contributed by atoms with van der Waals surface area (Å²) in [6.07, 6.45) is 2.25. The van der Waals surface area contributed by atoms with E-state index in [1.165, 1.54) is 0 Å². The summed E-state index contributed by atoms with van der Waals surface area (Å²) < 4.78 is 7.56. The summed E-state index contributed by atoms with van der Waals surface area (Å²) in [4.78, 5) is 4.34. The Hall–Kier alpha value is -1.03. The average molecular weight is 197 g/mol. The van der Waals surface area contributed by atoms with Crippen molar-refractivity contribution in [1.29, 1.82) is 0 Å². The molecule has 1 aromatic heterocycles. The predicted octanol–water partition coefficient (Wildman–Crippen LogP) is 1.66. The number of nitrogens with zero attached hydrogens (tertiary/aromatic N) is 2. The van der Waals surface area contributed by atoms with Gasteiger partial charge in [-0.2, -0.15) is 0 Å². The van der Waals surface area contributed by atoms with Crippen LogP contribution in [0.25, 0.3) is 0 Å². The Morgan fingerprint density at radius 3 is 2.93 bits per heavy atom. The zero-order valence-electron chi connectivity index (χ0n) is 9.37. The summed E-state index contributed by atoms with van der Waals surface area (Å²) in [5.41, 5.74) is 1.03. The van der Waals surface area contributed by atoms with Crippen molar-refractivity contribution in [2.45, 2.75) is 33.4 Å². The van der Waals surface area contributed by atoms with Crippen molar-refractivity contribution in [2.24, 2.45) is 0 Å². The SMILES string of the molecule is CCOC(C)Cn1cc(C)nc1NC. The van der Waals surface area contributed by atoms with Crippen LogP contribution in [0.4, 0.5) is 5.95 Å². The first-order chi connectivity index (χ1) is 6.67. The van der Waals surface area contributed by atoms with E-state index in [9.17, 15) is 0 Å². The summed E-state index contributed by atoms with van der Waals surface area (Å²) >= 11 is 0. The summed E-state index contributed by atoms with van der Waals surface area (Å²) in [7, 11) is 1.88. The van der Waals surface area contributed by atoms with Crippen molar-refractivity contribution >= 4 is 5.95 Å². The molecule has 0 saturated carbocycles. The highest BCUT2D eigenvalue weighted by Gasteiger charge is 2.07. The number of anilines is 1. The highest BCUT2D eigenvalue weighted by Crippen LogP contribution is 2.09. The minimum absolute atomic E-state index is 0.223. The van der Waals surface area contributed by atoms with Crippen LogP contribution >= 0.6 is 0 Å². The zero-order valence-corrected chi connectivity index (χ0v) is 9.37. The number of nitrogens with one attached hydrogen (secondary N) is 1. The molecule has 0 amide bonds. The van der Waals surface area contributed by atoms with Gasteiger partial charge < -0.3 is 14.6 Å². The molecule has 4 nitrogen and oxygen atoms in total. The van der Waals surface area contributed by atoms with E-state index in [4.69, 9.17) is 4.74 Å². The van der Waals surface area contributed by atoms with Gasteiger partial charge in [-0.3, -0.25) is 0 Å². The van der Waals surface area contributed by atoms with Crippen LogP contribution in [-0.4, -0.2) is 29.3 Å². The third-order valence-electron chi connectivity index (χ3n) is 2.03. The number of hydrogen-bond acceptors (Lipinski definition) is 3. The molecule has 0 radical (unpaired) electrons. The van der Waals surface area contributed by atoms with Gasteiger partial charge in [-0.05, 0) is 20.8 Å². The Balaban J connectivity index is 2.65. The number of aryl methyl sites for hydroxylation is 1. The van der Waals surface area contributed by atoms with Gasteiger partial charge in [0.15, 0.2) is 0 Å². The smallest absolute Gasteiger partial charge is 0.202 e. The van der Waals surface area contributed by atoms with Gasteiger partial charge in [0.2, 0.25) is 5.95 Å². The normalized spacial score (nSPS) is 12.9. The van der Waals surface area contributed by atoms with E-state index in [-0.39, 0.29) is 6.10 Å². The molecular weight excluding hydrogens is 178 g/mol. The largest absolute Gasteiger partial charge is 0.377 e. The first-order valence-electron chi connectivity index (χ1n) is 5.00. The predicted molar refractivity (Wildman–Crippen MR) is 57.6 cm³/mol. The van der Waals surface area contributed by atoms with Crippen LogP contribution in [0.2, 0.25) is 0 Å². The lowest BCUT2D eigenvalue weighted by Crippen LogP contribution is -2.17. The molecule has 0 aliphatic heterocycles. The number of ether oxygens (including phenoxy) is 1. The van der Waals surface area contributed by atoms with Crippen LogP contribution in [0, 0.1) is 6.92 Å².